The number of carboxylic acid groups (broad SMARTS) is 1. The number of hydrogen-bond donors (Lipinski definition) is 4. The lowest BCUT2D eigenvalue weighted by atomic mass is 9.90. The van der Waals surface area contributed by atoms with Crippen molar-refractivity contribution in [1.29, 1.82) is 0 Å². The van der Waals surface area contributed by atoms with E-state index in [1.807, 2.05) is 6.07 Å². The van der Waals surface area contributed by atoms with E-state index in [0.717, 1.165) is 18.5 Å². The molecule has 2 aliphatic heterocycles. The molecule has 0 unspecified atom stereocenters. The molecule has 6 rings (SSSR count). The molecule has 41 heavy (non-hydrogen) atoms. The number of ether oxygens (including phenoxy) is 1. The number of carbonyl (C=O) groups is 4. The Balaban J connectivity index is 1.23. The van der Waals surface area contributed by atoms with E-state index in [2.05, 4.69) is 21.1 Å². The average molecular weight is 580 g/mol. The highest BCUT2D eigenvalue weighted by atomic mass is 35.5. The van der Waals surface area contributed by atoms with Crippen LogP contribution in [0.15, 0.2) is 53.1 Å². The summed E-state index contributed by atoms with van der Waals surface area (Å²) >= 11 is 6.25. The molecule has 0 bridgehead atoms. The lowest BCUT2D eigenvalue weighted by Gasteiger charge is -2.35. The third-order valence-electron chi connectivity index (χ3n) is 7.52. The largest absolute Gasteiger partial charge is 0.465 e. The molecule has 3 aliphatic rings. The van der Waals surface area contributed by atoms with Gasteiger partial charge in [0.2, 0.25) is 5.91 Å². The van der Waals surface area contributed by atoms with Crippen LogP contribution in [-0.4, -0.2) is 58.3 Å². The molecule has 1 saturated heterocycles. The lowest BCUT2D eigenvalue weighted by molar-refractivity contribution is -0.133. The van der Waals surface area contributed by atoms with Crippen molar-refractivity contribution in [2.75, 3.05) is 23.7 Å². The first kappa shape index (κ1) is 26.6. The van der Waals surface area contributed by atoms with Gasteiger partial charge in [0.1, 0.15) is 11.8 Å². The second-order valence-electron chi connectivity index (χ2n) is 10.4. The molecule has 4 N–H and O–H groups in total. The van der Waals surface area contributed by atoms with Gasteiger partial charge >= 0.3 is 12.2 Å². The van der Waals surface area contributed by atoms with Gasteiger partial charge in [0.25, 0.3) is 5.91 Å². The fraction of sp³-hybridized carbons (Fsp3) is 0.321. The van der Waals surface area contributed by atoms with Gasteiger partial charge in [-0.2, -0.15) is 0 Å². The second kappa shape index (κ2) is 10.4. The summed E-state index contributed by atoms with van der Waals surface area (Å²) in [6.45, 7) is 0.363. The van der Waals surface area contributed by atoms with Gasteiger partial charge in [-0.1, -0.05) is 16.8 Å². The minimum absolute atomic E-state index is 0.0657. The van der Waals surface area contributed by atoms with Crippen LogP contribution < -0.4 is 16.0 Å². The highest BCUT2D eigenvalue weighted by Crippen LogP contribution is 2.44. The average Bonchev–Trinajstić information content (AvgIpc) is 3.54. The van der Waals surface area contributed by atoms with E-state index < -0.39 is 29.7 Å². The molecule has 212 valence electrons. The number of rotatable bonds is 7. The molecule has 2 atom stereocenters. The monoisotopic (exact) mass is 579 g/mol. The number of nitrogens with one attached hydrogen (secondary N) is 3. The van der Waals surface area contributed by atoms with Crippen LogP contribution in [0.2, 0.25) is 5.02 Å². The molecule has 3 aromatic rings. The standard InChI is InChI=1S/C28H26ClN5O7/c29-17-5-8-21-20(11-17)28(40-27(39)32-21)9-10-34(14-28)25(36)23(13-19-12-22(33-41-19)15-1-2-15)31-24(35)16-3-6-18(7-4-16)30-26(37)38/h3-8,11-12,15,23,30H,1-2,9-10,13-14H2,(H,31,35)(H,32,39)(H,37,38)/t23-,28-/m0/s1. The van der Waals surface area contributed by atoms with Crippen molar-refractivity contribution < 1.29 is 33.5 Å². The molecule has 1 aliphatic carbocycles. The molecule has 1 aromatic heterocycles. The Bertz CT molecular complexity index is 1540. The van der Waals surface area contributed by atoms with Crippen molar-refractivity contribution in [2.24, 2.45) is 0 Å². The molecular weight excluding hydrogens is 554 g/mol. The maximum absolute atomic E-state index is 13.9. The Morgan fingerprint density at radius 1 is 1.17 bits per heavy atom. The van der Waals surface area contributed by atoms with Gasteiger partial charge < -0.3 is 24.6 Å². The predicted molar refractivity (Wildman–Crippen MR) is 146 cm³/mol. The zero-order valence-corrected chi connectivity index (χ0v) is 22.4. The highest BCUT2D eigenvalue weighted by molar-refractivity contribution is 6.30. The summed E-state index contributed by atoms with van der Waals surface area (Å²) in [6.07, 6.45) is 0.648. The van der Waals surface area contributed by atoms with Crippen LogP contribution in [0.3, 0.4) is 0 Å². The number of carbonyl (C=O) groups excluding carboxylic acids is 3. The van der Waals surface area contributed by atoms with Gasteiger partial charge in [-0.05, 0) is 55.3 Å². The molecule has 0 radical (unpaired) electrons. The molecular formula is C28H26ClN5O7. The highest BCUT2D eigenvalue weighted by Gasteiger charge is 2.49. The number of aromatic nitrogens is 1. The first-order valence-corrected chi connectivity index (χ1v) is 13.5. The normalized spacial score (nSPS) is 20.1. The number of amides is 4. The molecule has 4 amide bonds. The van der Waals surface area contributed by atoms with E-state index in [1.54, 1.807) is 23.1 Å². The van der Waals surface area contributed by atoms with Crippen LogP contribution >= 0.6 is 11.6 Å². The molecule has 13 heteroatoms. The van der Waals surface area contributed by atoms with Crippen LogP contribution in [0.5, 0.6) is 0 Å². The number of likely N-dealkylation sites (tertiary alicyclic amines) is 1. The van der Waals surface area contributed by atoms with Crippen LogP contribution in [-0.2, 0) is 21.6 Å². The number of anilines is 2. The van der Waals surface area contributed by atoms with Crippen LogP contribution in [0, 0.1) is 0 Å². The van der Waals surface area contributed by atoms with Crippen molar-refractivity contribution in [3.63, 3.8) is 0 Å². The Morgan fingerprint density at radius 3 is 2.68 bits per heavy atom. The van der Waals surface area contributed by atoms with E-state index in [-0.39, 0.29) is 31.0 Å². The van der Waals surface area contributed by atoms with E-state index >= 15 is 0 Å². The molecule has 1 spiro atoms. The molecule has 12 nitrogen and oxygen atoms in total. The Labute approximate surface area is 239 Å². The maximum atomic E-state index is 13.9. The summed E-state index contributed by atoms with van der Waals surface area (Å²) in [5.41, 5.74) is 1.54. The number of hydrogen-bond acceptors (Lipinski definition) is 7. The van der Waals surface area contributed by atoms with E-state index in [4.69, 9.17) is 26.0 Å². The molecule has 2 aromatic carbocycles. The van der Waals surface area contributed by atoms with Crippen LogP contribution in [0.1, 0.15) is 52.6 Å². The van der Waals surface area contributed by atoms with Gasteiger partial charge in [0.05, 0.1) is 17.9 Å². The smallest absolute Gasteiger partial charge is 0.412 e. The number of benzene rings is 2. The first-order chi connectivity index (χ1) is 19.7. The first-order valence-electron chi connectivity index (χ1n) is 13.1. The topological polar surface area (TPSA) is 163 Å². The van der Waals surface area contributed by atoms with Crippen molar-refractivity contribution in [2.45, 2.75) is 43.2 Å². The minimum Gasteiger partial charge on any atom is -0.465 e. The fourth-order valence-corrected chi connectivity index (χ4v) is 5.50. The second-order valence-corrected chi connectivity index (χ2v) is 10.9. The van der Waals surface area contributed by atoms with Crippen molar-refractivity contribution in [3.05, 3.63) is 76.1 Å². The summed E-state index contributed by atoms with van der Waals surface area (Å²) in [5.74, 6) is -0.0756. The van der Waals surface area contributed by atoms with Gasteiger partial charge in [0.15, 0.2) is 5.60 Å². The number of halogens is 1. The third-order valence-corrected chi connectivity index (χ3v) is 7.76. The summed E-state index contributed by atoms with van der Waals surface area (Å²) in [6, 6.07) is 11.7. The van der Waals surface area contributed by atoms with E-state index in [9.17, 15) is 19.2 Å². The van der Waals surface area contributed by atoms with Gasteiger partial charge in [-0.3, -0.25) is 20.2 Å². The van der Waals surface area contributed by atoms with Gasteiger partial charge in [-0.25, -0.2) is 9.59 Å². The summed E-state index contributed by atoms with van der Waals surface area (Å²) in [4.78, 5) is 52.0. The zero-order chi connectivity index (χ0) is 28.7. The van der Waals surface area contributed by atoms with E-state index in [1.165, 1.54) is 24.3 Å². The minimum atomic E-state index is -1.22. The van der Waals surface area contributed by atoms with Crippen molar-refractivity contribution in [3.8, 4) is 0 Å². The molecule has 2 fully saturated rings. The number of nitrogens with zero attached hydrogens (tertiary/aromatic N) is 2. The van der Waals surface area contributed by atoms with Crippen LogP contribution in [0.4, 0.5) is 21.0 Å². The quantitative estimate of drug-likeness (QED) is 0.321. The Morgan fingerprint density at radius 2 is 1.95 bits per heavy atom. The number of fused-ring (bicyclic) bond motifs is 2. The zero-order valence-electron chi connectivity index (χ0n) is 21.7. The lowest BCUT2D eigenvalue weighted by Crippen LogP contribution is -2.50. The van der Waals surface area contributed by atoms with Crippen molar-refractivity contribution in [1.82, 2.24) is 15.4 Å². The molecule has 3 heterocycles. The SMILES string of the molecule is O=C(O)Nc1ccc(C(=O)N[C@@H](Cc2cc(C3CC3)no2)C(=O)N2CC[C@@]3(C2)OC(=O)Nc2ccc(Cl)cc23)cc1. The fourth-order valence-electron chi connectivity index (χ4n) is 5.33. The van der Waals surface area contributed by atoms with Crippen molar-refractivity contribution >= 4 is 47.0 Å². The summed E-state index contributed by atoms with van der Waals surface area (Å²) < 4.78 is 11.3. The predicted octanol–water partition coefficient (Wildman–Crippen LogP) is 4.33. The summed E-state index contributed by atoms with van der Waals surface area (Å²) in [5, 5.41) is 21.2. The summed E-state index contributed by atoms with van der Waals surface area (Å²) in [7, 11) is 0. The third kappa shape index (κ3) is 5.55. The van der Waals surface area contributed by atoms with E-state index in [0.29, 0.717) is 40.1 Å². The maximum Gasteiger partial charge on any atom is 0.412 e. The Hall–Kier alpha value is -4.58. The van der Waals surface area contributed by atoms with Crippen LogP contribution in [0.25, 0.3) is 0 Å². The molecule has 1 saturated carbocycles. The Kier molecular flexibility index (Phi) is 6.78. The van der Waals surface area contributed by atoms with Gasteiger partial charge in [0, 0.05) is 53.2 Å². The van der Waals surface area contributed by atoms with Gasteiger partial charge in [-0.15, -0.1) is 0 Å².